The van der Waals surface area contributed by atoms with Gasteiger partial charge in [-0.3, -0.25) is 42.3 Å². The highest BCUT2D eigenvalue weighted by Crippen LogP contribution is 2.51. The van der Waals surface area contributed by atoms with Crippen LogP contribution in [0.2, 0.25) is 0 Å². The van der Waals surface area contributed by atoms with Crippen LogP contribution in [0.15, 0.2) is 115 Å². The van der Waals surface area contributed by atoms with Gasteiger partial charge in [-0.25, -0.2) is 23.3 Å². The number of nitrogens with one attached hydrogen (secondary N) is 2. The molecule has 0 fully saturated rings. The molecular weight excluding hydrogens is 1220 g/mol. The van der Waals surface area contributed by atoms with Gasteiger partial charge in [0, 0.05) is 82.9 Å². The number of unbranched alkanes of at least 4 members (excludes halogenated alkanes) is 2. The van der Waals surface area contributed by atoms with Crippen LogP contribution in [0.1, 0.15) is 116 Å². The first kappa shape index (κ1) is 66.9. The monoisotopic (exact) mass is 1280 g/mol. The minimum Gasteiger partial charge on any atom is -0.508 e. The second-order valence-electron chi connectivity index (χ2n) is 21.0. The van der Waals surface area contributed by atoms with Gasteiger partial charge in [0.05, 0.1) is 50.6 Å². The van der Waals surface area contributed by atoms with E-state index in [1.807, 2.05) is 0 Å². The van der Waals surface area contributed by atoms with Crippen LogP contribution in [0, 0.1) is 17.8 Å². The van der Waals surface area contributed by atoms with Crippen molar-refractivity contribution >= 4 is 58.5 Å². The number of hydrogen-bond acceptors (Lipinski definition) is 20. The van der Waals surface area contributed by atoms with Gasteiger partial charge in [-0.15, -0.1) is 0 Å². The molecule has 2 heterocycles. The summed E-state index contributed by atoms with van der Waals surface area (Å²) in [6.45, 7) is -3.36. The van der Waals surface area contributed by atoms with Gasteiger partial charge in [0.2, 0.25) is 0 Å². The van der Waals surface area contributed by atoms with Crippen molar-refractivity contribution in [2.24, 2.45) is 17.8 Å². The van der Waals surface area contributed by atoms with Gasteiger partial charge < -0.3 is 65.0 Å². The van der Waals surface area contributed by atoms with Crippen molar-refractivity contribution in [2.45, 2.75) is 63.2 Å². The number of carboxylic acid groups (broad SMARTS) is 2. The molecule has 88 heavy (non-hydrogen) atoms. The molecular formula is C58H65N2O25P3. The highest BCUT2D eigenvalue weighted by Gasteiger charge is 2.40. The quantitative estimate of drug-likeness (QED) is 0.0137. The number of carbonyl (C=O) groups is 5. The summed E-state index contributed by atoms with van der Waals surface area (Å²) in [5, 5.41) is 67.6. The number of phenolic OH excluding ortho intramolecular Hbond substituents is 2. The molecule has 2 aliphatic carbocycles. The zero-order valence-electron chi connectivity index (χ0n) is 46.8. The Bertz CT molecular complexity index is 3580. The Morgan fingerprint density at radius 3 is 1.99 bits per heavy atom. The smallest absolute Gasteiger partial charge is 0.472 e. The van der Waals surface area contributed by atoms with Gasteiger partial charge >= 0.3 is 35.4 Å². The van der Waals surface area contributed by atoms with Gasteiger partial charge in [0.15, 0.2) is 11.6 Å². The summed E-state index contributed by atoms with van der Waals surface area (Å²) in [6, 6.07) is 17.1. The van der Waals surface area contributed by atoms with E-state index in [0.717, 1.165) is 0 Å². The average Bonchev–Trinajstić information content (AvgIpc) is 0.845. The molecule has 0 saturated heterocycles. The first-order chi connectivity index (χ1) is 41.8. The average molecular weight is 1280 g/mol. The van der Waals surface area contributed by atoms with E-state index in [2.05, 4.69) is 15.2 Å². The van der Waals surface area contributed by atoms with Gasteiger partial charge in [-0.05, 0) is 104 Å². The van der Waals surface area contributed by atoms with E-state index in [9.17, 15) is 87.9 Å². The lowest BCUT2D eigenvalue weighted by molar-refractivity contribution is -0.116. The number of benzene rings is 4. The molecule has 1 amide bonds. The number of allylic oxidation sites excluding steroid dienone is 4. The van der Waals surface area contributed by atoms with Crippen LogP contribution in [0.3, 0.4) is 0 Å². The number of ketones is 2. The van der Waals surface area contributed by atoms with Gasteiger partial charge in [-0.2, -0.15) is 0 Å². The van der Waals surface area contributed by atoms with E-state index in [1.165, 1.54) is 85.0 Å². The largest absolute Gasteiger partial charge is 0.508 e. The molecule has 0 radical (unpaired) electrons. The van der Waals surface area contributed by atoms with E-state index >= 15 is 0 Å². The van der Waals surface area contributed by atoms with Crippen LogP contribution in [0.4, 0.5) is 0 Å². The third kappa shape index (κ3) is 17.9. The minimum atomic E-state index is -5.01. The Balaban J connectivity index is 0.752. The predicted molar refractivity (Wildman–Crippen MR) is 309 cm³/mol. The summed E-state index contributed by atoms with van der Waals surface area (Å²) in [5.74, 6) is -5.96. The number of aromatic carboxylic acids is 2. The molecule has 4 aromatic carbocycles. The predicted octanol–water partition coefficient (Wildman–Crippen LogP) is 6.70. The second-order valence-corrected chi connectivity index (χ2v) is 25.1. The number of aliphatic hydroxyl groups excluding tert-OH is 2. The summed E-state index contributed by atoms with van der Waals surface area (Å²) in [7, 11) is -14.7. The number of aliphatic hydroxyl groups is 2. The molecule has 2 aliphatic heterocycles. The molecule has 472 valence electrons. The number of phosphoric acid groups is 3. The van der Waals surface area contributed by atoms with Crippen LogP contribution in [0.25, 0.3) is 5.57 Å². The SMILES string of the molecule is O=C1C=CC2C(=C1)Oc1cc(O)ccc1C2c1cc(C(O)NCCCCC(CO)COP(=O)(O)OCCOP(=O)(O)OCC(CCCCNC(=O)c2ccc(C(=O)O)c(C3=C4C=CC(=O)CC4Oc4cc(O)ccc43)c2)COP(=O)(O)O)ccc1C(=O)O. The highest BCUT2D eigenvalue weighted by molar-refractivity contribution is 7.47. The topological polar surface area (TPSA) is 428 Å². The Hall–Kier alpha value is -7.00. The summed E-state index contributed by atoms with van der Waals surface area (Å²) >= 11 is 0. The van der Waals surface area contributed by atoms with Crippen molar-refractivity contribution in [3.05, 3.63) is 159 Å². The van der Waals surface area contributed by atoms with Gasteiger partial charge in [0.25, 0.3) is 5.91 Å². The lowest BCUT2D eigenvalue weighted by atomic mass is 9.74. The van der Waals surface area contributed by atoms with Crippen molar-refractivity contribution in [2.75, 3.05) is 52.7 Å². The standard InChI is InChI=1S/C58H65N2O25P3/c61-29-33(5-1-3-19-59-55(66)35-7-13-41(57(68)69)47(23-35)53-43-15-9-37(62)25-49(43)84-50-26-38(63)10-16-44(50)53)30-82-87(75,76)79-21-22-80-88(77,78)83-32-34(31-81-86(72,73)74)6-2-4-20-60-56(67)36-8-14-42(58(70)71)48(24-36)54-45-17-11-39(64)27-51(45)85-52-28-40(65)12-18-46(52)54/h7-18,23-27,33-34,43,52-53,55,59,61,63-64,66H,1-6,19-22,28-32H2,(H,60,67)(H,68,69)(H,70,71)(H,75,76)(H,77,78)(H2,72,73,74). The number of rotatable bonds is 32. The number of fused-ring (bicyclic) bond motifs is 4. The number of carboxylic acids is 2. The lowest BCUT2D eigenvalue weighted by Crippen LogP contribution is -2.30. The number of phosphoric ester groups is 3. The van der Waals surface area contributed by atoms with E-state index in [1.54, 1.807) is 18.2 Å². The number of hydrogen-bond donors (Lipinski definition) is 12. The Morgan fingerprint density at radius 1 is 0.670 bits per heavy atom. The maximum absolute atomic E-state index is 13.5. The van der Waals surface area contributed by atoms with Gasteiger partial charge in [-0.1, -0.05) is 43.2 Å². The molecule has 0 saturated carbocycles. The Morgan fingerprint density at radius 2 is 1.31 bits per heavy atom. The molecule has 4 aromatic rings. The molecule has 8 unspecified atom stereocenters. The van der Waals surface area contributed by atoms with E-state index in [4.69, 9.17) is 27.6 Å². The molecule has 8 atom stereocenters. The van der Waals surface area contributed by atoms with E-state index in [0.29, 0.717) is 52.7 Å². The number of ether oxygens (including phenoxy) is 2. The number of carbonyl (C=O) groups excluding carboxylic acids is 3. The highest BCUT2D eigenvalue weighted by atomic mass is 31.2. The maximum atomic E-state index is 13.5. The molecule has 0 bridgehead atoms. The molecule has 27 nitrogen and oxygen atoms in total. The lowest BCUT2D eigenvalue weighted by Gasteiger charge is -2.36. The number of aromatic hydroxyl groups is 2. The summed E-state index contributed by atoms with van der Waals surface area (Å²) in [4.78, 5) is 102. The third-order valence-electron chi connectivity index (χ3n) is 14.7. The molecule has 30 heteroatoms. The van der Waals surface area contributed by atoms with Crippen LogP contribution in [-0.2, 0) is 45.9 Å². The summed E-state index contributed by atoms with van der Waals surface area (Å²) < 4.78 is 73.4. The summed E-state index contributed by atoms with van der Waals surface area (Å²) in [6.07, 6.45) is 6.86. The van der Waals surface area contributed by atoms with Crippen molar-refractivity contribution < 1.29 is 120 Å². The van der Waals surface area contributed by atoms with Crippen molar-refractivity contribution in [3.63, 3.8) is 0 Å². The summed E-state index contributed by atoms with van der Waals surface area (Å²) in [5.41, 5.74) is 2.58. The zero-order chi connectivity index (χ0) is 63.5. The number of phenols is 2. The molecule has 8 rings (SSSR count). The molecule has 4 aliphatic rings. The molecule has 0 spiro atoms. The van der Waals surface area contributed by atoms with Crippen LogP contribution in [-0.4, -0.2) is 138 Å². The normalized spacial score (nSPS) is 19.3. The van der Waals surface area contributed by atoms with E-state index in [-0.39, 0.29) is 101 Å². The van der Waals surface area contributed by atoms with Crippen molar-refractivity contribution in [1.29, 1.82) is 0 Å². The molecule has 0 aromatic heterocycles. The Kier molecular flexibility index (Phi) is 22.5. The fourth-order valence-corrected chi connectivity index (χ4v) is 12.4. The fourth-order valence-electron chi connectivity index (χ4n) is 10.4. The third-order valence-corrected chi connectivity index (χ3v) is 17.1. The fraction of sp³-hybridized carbons (Fsp3) is 0.362. The first-order valence-electron chi connectivity index (χ1n) is 27.7. The maximum Gasteiger partial charge on any atom is 0.472 e. The Labute approximate surface area is 503 Å². The van der Waals surface area contributed by atoms with Crippen LogP contribution >= 0.6 is 23.5 Å². The second kappa shape index (κ2) is 29.5. The molecule has 12 N–H and O–H groups in total. The van der Waals surface area contributed by atoms with Crippen molar-refractivity contribution in [3.8, 4) is 23.0 Å². The van der Waals surface area contributed by atoms with Crippen molar-refractivity contribution in [1.82, 2.24) is 10.6 Å². The minimum absolute atomic E-state index is 0.0439. The van der Waals surface area contributed by atoms with Crippen LogP contribution < -0.4 is 20.1 Å². The zero-order valence-corrected chi connectivity index (χ0v) is 49.5. The number of amides is 1. The first-order valence-corrected chi connectivity index (χ1v) is 32.2. The van der Waals surface area contributed by atoms with Crippen LogP contribution in [0.5, 0.6) is 23.0 Å². The van der Waals surface area contributed by atoms with Gasteiger partial charge in [0.1, 0.15) is 41.1 Å². The van der Waals surface area contributed by atoms with E-state index < -0.39 is 117 Å².